The Morgan fingerprint density at radius 2 is 2.16 bits per heavy atom. The van der Waals surface area contributed by atoms with Crippen molar-refractivity contribution in [1.82, 2.24) is 15.3 Å². The molecule has 1 amide bonds. The zero-order chi connectivity index (χ0) is 17.6. The molecule has 0 saturated heterocycles. The number of aromatic amines is 1. The summed E-state index contributed by atoms with van der Waals surface area (Å²) in [6.45, 7) is 4.57. The van der Waals surface area contributed by atoms with E-state index in [0.29, 0.717) is 13.0 Å². The van der Waals surface area contributed by atoms with Crippen LogP contribution in [0.25, 0.3) is 10.6 Å². The van der Waals surface area contributed by atoms with E-state index >= 15 is 0 Å². The quantitative estimate of drug-likeness (QED) is 0.682. The van der Waals surface area contributed by atoms with Gasteiger partial charge >= 0.3 is 0 Å². The Morgan fingerprint density at radius 3 is 2.96 bits per heavy atom. The molecule has 130 valence electrons. The Bertz CT molecular complexity index is 840. The molecule has 1 aromatic carbocycles. The van der Waals surface area contributed by atoms with Gasteiger partial charge in [0, 0.05) is 18.7 Å². The van der Waals surface area contributed by atoms with Crippen molar-refractivity contribution in [3.8, 4) is 16.3 Å². The van der Waals surface area contributed by atoms with Crippen LogP contribution in [0.5, 0.6) is 5.75 Å². The summed E-state index contributed by atoms with van der Waals surface area (Å²) in [4.78, 5) is 20.6. The first-order chi connectivity index (χ1) is 12.1. The number of amides is 1. The smallest absolute Gasteiger partial charge is 0.257 e. The number of nitrogens with one attached hydrogen (secondary N) is 2. The minimum Gasteiger partial charge on any atom is -0.483 e. The molecule has 3 rings (SSSR count). The van der Waals surface area contributed by atoms with Crippen molar-refractivity contribution >= 4 is 17.2 Å². The van der Waals surface area contributed by atoms with Gasteiger partial charge < -0.3 is 15.0 Å². The van der Waals surface area contributed by atoms with Crippen LogP contribution in [0.4, 0.5) is 0 Å². The minimum absolute atomic E-state index is 0.0189. The molecule has 25 heavy (non-hydrogen) atoms. The van der Waals surface area contributed by atoms with Crippen LogP contribution < -0.4 is 10.1 Å². The Kier molecular flexibility index (Phi) is 5.50. The molecule has 0 aliphatic rings. The van der Waals surface area contributed by atoms with Crippen LogP contribution in [-0.2, 0) is 11.2 Å². The fourth-order valence-electron chi connectivity index (χ4n) is 2.54. The molecule has 0 aliphatic heterocycles. The lowest BCUT2D eigenvalue weighted by Gasteiger charge is -2.11. The van der Waals surface area contributed by atoms with Crippen molar-refractivity contribution < 1.29 is 9.53 Å². The number of aromatic nitrogens is 2. The molecule has 0 bridgehead atoms. The van der Waals surface area contributed by atoms with Crippen LogP contribution >= 0.6 is 11.3 Å². The summed E-state index contributed by atoms with van der Waals surface area (Å²) in [6, 6.07) is 9.89. The molecule has 0 saturated carbocycles. The lowest BCUT2D eigenvalue weighted by atomic mass is 10.1. The fourth-order valence-corrected chi connectivity index (χ4v) is 3.29. The van der Waals surface area contributed by atoms with Gasteiger partial charge in [0.2, 0.25) is 0 Å². The summed E-state index contributed by atoms with van der Waals surface area (Å²) >= 11 is 1.65. The average Bonchev–Trinajstić information content (AvgIpc) is 3.27. The highest BCUT2D eigenvalue weighted by molar-refractivity contribution is 7.13. The fraction of sp³-hybridized carbons (Fsp3) is 0.263. The molecule has 0 atom stereocenters. The number of rotatable bonds is 7. The number of imidazole rings is 1. The second kappa shape index (κ2) is 7.98. The zero-order valence-electron chi connectivity index (χ0n) is 14.3. The third-order valence-corrected chi connectivity index (χ3v) is 4.96. The molecule has 3 aromatic rings. The number of aryl methyl sites for hydroxylation is 1. The van der Waals surface area contributed by atoms with E-state index in [1.807, 2.05) is 49.6 Å². The third kappa shape index (κ3) is 4.28. The molecule has 0 fully saturated rings. The summed E-state index contributed by atoms with van der Waals surface area (Å²) in [5.74, 6) is 0.627. The molecule has 2 heterocycles. The van der Waals surface area contributed by atoms with Gasteiger partial charge in [-0.05, 0) is 42.5 Å². The molecular weight excluding hydrogens is 334 g/mol. The Labute approximate surface area is 151 Å². The molecule has 5 nitrogen and oxygen atoms in total. The normalized spacial score (nSPS) is 10.6. The second-order valence-corrected chi connectivity index (χ2v) is 6.74. The molecular formula is C19H21N3O2S. The van der Waals surface area contributed by atoms with Crippen LogP contribution in [-0.4, -0.2) is 29.0 Å². The van der Waals surface area contributed by atoms with Gasteiger partial charge in [-0.15, -0.1) is 11.3 Å². The number of thiophene rings is 1. The molecule has 2 aromatic heterocycles. The number of ether oxygens (including phenoxy) is 1. The van der Waals surface area contributed by atoms with Crippen LogP contribution in [0.1, 0.15) is 16.8 Å². The third-order valence-electron chi connectivity index (χ3n) is 4.08. The standard InChI is InChI=1S/C19H21N3O2S/c1-13-5-3-6-16(14(13)2)24-11-18(23)20-9-8-15-19(22-12-21-15)17-7-4-10-25-17/h3-7,10,12H,8-9,11H2,1-2H3,(H,20,23)(H,21,22). The van der Waals surface area contributed by atoms with Crippen LogP contribution in [0.2, 0.25) is 0 Å². The van der Waals surface area contributed by atoms with Gasteiger partial charge in [0.15, 0.2) is 6.61 Å². The molecule has 0 radical (unpaired) electrons. The van der Waals surface area contributed by atoms with Crippen LogP contribution in [0.3, 0.4) is 0 Å². The van der Waals surface area contributed by atoms with Crippen molar-refractivity contribution in [2.24, 2.45) is 0 Å². The minimum atomic E-state index is -0.127. The summed E-state index contributed by atoms with van der Waals surface area (Å²) in [5.41, 5.74) is 4.20. The average molecular weight is 355 g/mol. The first kappa shape index (κ1) is 17.2. The number of hydrogen-bond acceptors (Lipinski definition) is 4. The van der Waals surface area contributed by atoms with Gasteiger partial charge in [0.05, 0.1) is 11.2 Å². The van der Waals surface area contributed by atoms with Crippen molar-refractivity contribution in [3.05, 3.63) is 58.9 Å². The molecule has 0 spiro atoms. The molecule has 6 heteroatoms. The van der Waals surface area contributed by atoms with E-state index in [9.17, 15) is 4.79 Å². The molecule has 0 unspecified atom stereocenters. The van der Waals surface area contributed by atoms with Crippen molar-refractivity contribution in [3.63, 3.8) is 0 Å². The lowest BCUT2D eigenvalue weighted by molar-refractivity contribution is -0.123. The maximum atomic E-state index is 12.0. The lowest BCUT2D eigenvalue weighted by Crippen LogP contribution is -2.30. The van der Waals surface area contributed by atoms with Crippen LogP contribution in [0, 0.1) is 13.8 Å². The zero-order valence-corrected chi connectivity index (χ0v) is 15.2. The van der Waals surface area contributed by atoms with E-state index in [1.165, 1.54) is 0 Å². The number of carbonyl (C=O) groups is 1. The SMILES string of the molecule is Cc1cccc(OCC(=O)NCCc2[nH]cnc2-c2cccs2)c1C. The van der Waals surface area contributed by atoms with E-state index in [2.05, 4.69) is 15.3 Å². The van der Waals surface area contributed by atoms with Crippen LogP contribution in [0.15, 0.2) is 42.0 Å². The summed E-state index contributed by atoms with van der Waals surface area (Å²) in [5, 5.41) is 4.92. The highest BCUT2D eigenvalue weighted by atomic mass is 32.1. The van der Waals surface area contributed by atoms with E-state index in [0.717, 1.165) is 33.1 Å². The Balaban J connectivity index is 1.47. The van der Waals surface area contributed by atoms with Gasteiger partial charge in [-0.25, -0.2) is 4.98 Å². The van der Waals surface area contributed by atoms with Gasteiger partial charge in [0.1, 0.15) is 11.4 Å². The maximum Gasteiger partial charge on any atom is 0.257 e. The largest absolute Gasteiger partial charge is 0.483 e. The van der Waals surface area contributed by atoms with Gasteiger partial charge in [0.25, 0.3) is 5.91 Å². The summed E-state index contributed by atoms with van der Waals surface area (Å²) < 4.78 is 5.62. The number of nitrogens with zero attached hydrogens (tertiary/aromatic N) is 1. The first-order valence-corrected chi connectivity index (χ1v) is 9.05. The second-order valence-electron chi connectivity index (χ2n) is 5.79. The van der Waals surface area contributed by atoms with E-state index in [4.69, 9.17) is 4.74 Å². The number of H-pyrrole nitrogens is 1. The number of carbonyl (C=O) groups excluding carboxylic acids is 1. The van der Waals surface area contributed by atoms with E-state index < -0.39 is 0 Å². The monoisotopic (exact) mass is 355 g/mol. The highest BCUT2D eigenvalue weighted by Gasteiger charge is 2.10. The summed E-state index contributed by atoms with van der Waals surface area (Å²) in [7, 11) is 0. The number of hydrogen-bond donors (Lipinski definition) is 2. The van der Waals surface area contributed by atoms with Crippen molar-refractivity contribution in [1.29, 1.82) is 0 Å². The number of benzene rings is 1. The van der Waals surface area contributed by atoms with E-state index in [1.54, 1.807) is 17.7 Å². The summed E-state index contributed by atoms with van der Waals surface area (Å²) in [6.07, 6.45) is 2.39. The Morgan fingerprint density at radius 1 is 1.28 bits per heavy atom. The predicted octanol–water partition coefficient (Wildman–Crippen LogP) is 3.49. The topological polar surface area (TPSA) is 67.0 Å². The van der Waals surface area contributed by atoms with Crippen molar-refractivity contribution in [2.45, 2.75) is 20.3 Å². The Hall–Kier alpha value is -2.60. The molecule has 0 aliphatic carbocycles. The predicted molar refractivity (Wildman–Crippen MR) is 100 cm³/mol. The van der Waals surface area contributed by atoms with Gasteiger partial charge in [-0.1, -0.05) is 18.2 Å². The van der Waals surface area contributed by atoms with Gasteiger partial charge in [-0.3, -0.25) is 4.79 Å². The molecule has 2 N–H and O–H groups in total. The maximum absolute atomic E-state index is 12.0. The van der Waals surface area contributed by atoms with Crippen molar-refractivity contribution in [2.75, 3.05) is 13.2 Å². The van der Waals surface area contributed by atoms with Gasteiger partial charge in [-0.2, -0.15) is 0 Å². The van der Waals surface area contributed by atoms with E-state index in [-0.39, 0.29) is 12.5 Å². The first-order valence-electron chi connectivity index (χ1n) is 8.17. The highest BCUT2D eigenvalue weighted by Crippen LogP contribution is 2.25.